The first-order valence-corrected chi connectivity index (χ1v) is 5.62. The minimum Gasteiger partial charge on any atom is -0.352 e. The molecule has 1 aromatic rings. The third kappa shape index (κ3) is 4.53. The van der Waals surface area contributed by atoms with Crippen LogP contribution in [0.4, 0.5) is 19.3 Å². The number of carbonyl (C=O) groups excluding carboxylic acids is 2. The van der Waals surface area contributed by atoms with E-state index in [4.69, 9.17) is 5.73 Å². The number of carbonyl (C=O) groups is 2. The van der Waals surface area contributed by atoms with Gasteiger partial charge in [-0.1, -0.05) is 13.8 Å². The maximum atomic E-state index is 13.0. The quantitative estimate of drug-likeness (QED) is 0.777. The Labute approximate surface area is 109 Å². The molecule has 4 N–H and O–H groups in total. The first-order chi connectivity index (χ1) is 8.79. The molecule has 0 bridgehead atoms. The lowest BCUT2D eigenvalue weighted by molar-refractivity contribution is -0.118. The molecule has 104 valence electrons. The molecule has 1 rings (SSSR count). The Hall–Kier alpha value is -2.18. The Kier molecular flexibility index (Phi) is 4.80. The Bertz CT molecular complexity index is 472. The van der Waals surface area contributed by atoms with Crippen molar-refractivity contribution in [3.8, 4) is 0 Å². The molecule has 19 heavy (non-hydrogen) atoms. The molecule has 0 fully saturated rings. The molecular weight excluding hydrogens is 256 g/mol. The summed E-state index contributed by atoms with van der Waals surface area (Å²) in [5.74, 6) is -2.44. The smallest absolute Gasteiger partial charge is 0.312 e. The van der Waals surface area contributed by atoms with Crippen LogP contribution in [-0.4, -0.2) is 18.0 Å². The van der Waals surface area contributed by atoms with Crippen molar-refractivity contribution >= 4 is 17.6 Å². The number of amides is 3. The van der Waals surface area contributed by atoms with Crippen LogP contribution in [0.15, 0.2) is 18.2 Å². The van der Waals surface area contributed by atoms with Gasteiger partial charge in [-0.3, -0.25) is 4.79 Å². The highest BCUT2D eigenvalue weighted by Crippen LogP contribution is 2.14. The zero-order valence-corrected chi connectivity index (χ0v) is 10.5. The van der Waals surface area contributed by atoms with Crippen LogP contribution in [0.5, 0.6) is 0 Å². The molecule has 0 unspecified atom stereocenters. The maximum absolute atomic E-state index is 13.0. The lowest BCUT2D eigenvalue weighted by Crippen LogP contribution is -2.49. The van der Waals surface area contributed by atoms with E-state index in [0.717, 1.165) is 12.1 Å². The van der Waals surface area contributed by atoms with E-state index in [-0.39, 0.29) is 11.6 Å². The molecule has 0 heterocycles. The van der Waals surface area contributed by atoms with Crippen LogP contribution in [0.3, 0.4) is 0 Å². The molecule has 0 aliphatic carbocycles. The van der Waals surface area contributed by atoms with E-state index >= 15 is 0 Å². The third-order valence-electron chi connectivity index (χ3n) is 2.38. The Morgan fingerprint density at radius 2 is 1.68 bits per heavy atom. The summed E-state index contributed by atoms with van der Waals surface area (Å²) < 4.78 is 25.9. The van der Waals surface area contributed by atoms with E-state index < -0.39 is 29.6 Å². The molecule has 0 aliphatic heterocycles. The molecule has 0 saturated carbocycles. The van der Waals surface area contributed by atoms with Crippen molar-refractivity contribution in [2.45, 2.75) is 19.9 Å². The molecule has 0 aliphatic rings. The second-order valence-electron chi connectivity index (χ2n) is 4.38. The molecule has 0 saturated heterocycles. The molecular formula is C12H15F2N3O2. The summed E-state index contributed by atoms with van der Waals surface area (Å²) in [6, 6.07) is 0.908. The number of anilines is 1. The van der Waals surface area contributed by atoms with Crippen molar-refractivity contribution in [2.24, 2.45) is 11.7 Å². The minimum atomic E-state index is -0.885. The summed E-state index contributed by atoms with van der Waals surface area (Å²) >= 11 is 0. The van der Waals surface area contributed by atoms with Crippen LogP contribution >= 0.6 is 0 Å². The number of halogens is 2. The average Bonchev–Trinajstić information content (AvgIpc) is 2.23. The standard InChI is InChI=1S/C12H15F2N3O2/c1-6(2)10(17-12(15)19)11(18)16-9-4-7(13)3-8(14)5-9/h3-6,10H,1-2H3,(H,16,18)(H3,15,17,19)/t10-/m1/s1. The fourth-order valence-electron chi connectivity index (χ4n) is 1.53. The highest BCUT2D eigenvalue weighted by Gasteiger charge is 2.23. The van der Waals surface area contributed by atoms with E-state index in [1.807, 2.05) is 0 Å². The summed E-state index contributed by atoms with van der Waals surface area (Å²) in [5.41, 5.74) is 4.93. The van der Waals surface area contributed by atoms with Crippen molar-refractivity contribution in [3.63, 3.8) is 0 Å². The van der Waals surface area contributed by atoms with E-state index in [9.17, 15) is 18.4 Å². The van der Waals surface area contributed by atoms with Crippen molar-refractivity contribution in [1.29, 1.82) is 0 Å². The van der Waals surface area contributed by atoms with Gasteiger partial charge in [0.15, 0.2) is 0 Å². The molecule has 0 radical (unpaired) electrons. The van der Waals surface area contributed by atoms with Gasteiger partial charge in [0, 0.05) is 11.8 Å². The van der Waals surface area contributed by atoms with Gasteiger partial charge < -0.3 is 16.4 Å². The number of nitrogens with one attached hydrogen (secondary N) is 2. The van der Waals surface area contributed by atoms with Crippen molar-refractivity contribution in [3.05, 3.63) is 29.8 Å². The summed E-state index contributed by atoms with van der Waals surface area (Å²) in [6.45, 7) is 3.40. The highest BCUT2D eigenvalue weighted by atomic mass is 19.1. The van der Waals surface area contributed by atoms with Crippen molar-refractivity contribution in [1.82, 2.24) is 5.32 Å². The number of primary amides is 1. The van der Waals surface area contributed by atoms with Gasteiger partial charge in [0.25, 0.3) is 0 Å². The average molecular weight is 271 g/mol. The van der Waals surface area contributed by atoms with Gasteiger partial charge in [-0.25, -0.2) is 13.6 Å². The second kappa shape index (κ2) is 6.12. The maximum Gasteiger partial charge on any atom is 0.312 e. The Balaban J connectivity index is 2.83. The van der Waals surface area contributed by atoms with Crippen LogP contribution in [0.2, 0.25) is 0 Å². The summed E-state index contributed by atoms with van der Waals surface area (Å²) in [6.07, 6.45) is 0. The van der Waals surface area contributed by atoms with Gasteiger partial charge in [0.2, 0.25) is 5.91 Å². The van der Waals surface area contributed by atoms with Crippen LogP contribution in [0.25, 0.3) is 0 Å². The van der Waals surface area contributed by atoms with Crippen LogP contribution in [0.1, 0.15) is 13.8 Å². The fraction of sp³-hybridized carbons (Fsp3) is 0.333. The number of rotatable bonds is 4. The third-order valence-corrected chi connectivity index (χ3v) is 2.38. The first kappa shape index (κ1) is 14.9. The van der Waals surface area contributed by atoms with Crippen LogP contribution in [0, 0.1) is 17.6 Å². The monoisotopic (exact) mass is 271 g/mol. The van der Waals surface area contributed by atoms with Crippen LogP contribution < -0.4 is 16.4 Å². The number of nitrogens with two attached hydrogens (primary N) is 1. The van der Waals surface area contributed by atoms with Gasteiger partial charge in [-0.15, -0.1) is 0 Å². The summed E-state index contributed by atoms with van der Waals surface area (Å²) in [5, 5.41) is 4.59. The van der Waals surface area contributed by atoms with E-state index in [1.54, 1.807) is 13.8 Å². The molecule has 3 amide bonds. The van der Waals surface area contributed by atoms with Gasteiger partial charge in [0.1, 0.15) is 17.7 Å². The number of benzene rings is 1. The summed E-state index contributed by atoms with van der Waals surface area (Å²) in [7, 11) is 0. The number of hydrogen-bond acceptors (Lipinski definition) is 2. The zero-order chi connectivity index (χ0) is 14.6. The molecule has 1 aromatic carbocycles. The zero-order valence-electron chi connectivity index (χ0n) is 10.5. The molecule has 0 spiro atoms. The van der Waals surface area contributed by atoms with E-state index in [0.29, 0.717) is 6.07 Å². The predicted octanol–water partition coefficient (Wildman–Crippen LogP) is 1.60. The highest BCUT2D eigenvalue weighted by molar-refractivity contribution is 5.97. The molecule has 7 heteroatoms. The topological polar surface area (TPSA) is 84.2 Å². The van der Waals surface area contributed by atoms with Gasteiger partial charge >= 0.3 is 6.03 Å². The molecule has 5 nitrogen and oxygen atoms in total. The fourth-order valence-corrected chi connectivity index (χ4v) is 1.53. The largest absolute Gasteiger partial charge is 0.352 e. The van der Waals surface area contributed by atoms with Crippen molar-refractivity contribution < 1.29 is 18.4 Å². The molecule has 0 aromatic heterocycles. The summed E-state index contributed by atoms with van der Waals surface area (Å²) in [4.78, 5) is 22.7. The van der Waals surface area contributed by atoms with Gasteiger partial charge in [0.05, 0.1) is 0 Å². The van der Waals surface area contributed by atoms with E-state index in [1.165, 1.54) is 0 Å². The lowest BCUT2D eigenvalue weighted by atomic mass is 10.0. The van der Waals surface area contributed by atoms with E-state index in [2.05, 4.69) is 10.6 Å². The lowest BCUT2D eigenvalue weighted by Gasteiger charge is -2.20. The number of hydrogen-bond donors (Lipinski definition) is 3. The predicted molar refractivity (Wildman–Crippen MR) is 66.3 cm³/mol. The Morgan fingerprint density at radius 3 is 2.11 bits per heavy atom. The Morgan fingerprint density at radius 1 is 1.16 bits per heavy atom. The van der Waals surface area contributed by atoms with Crippen LogP contribution in [-0.2, 0) is 4.79 Å². The van der Waals surface area contributed by atoms with Crippen molar-refractivity contribution in [2.75, 3.05) is 5.32 Å². The second-order valence-corrected chi connectivity index (χ2v) is 4.38. The minimum absolute atomic E-state index is 0.0283. The SMILES string of the molecule is CC(C)[C@@H](NC(N)=O)C(=O)Nc1cc(F)cc(F)c1. The normalized spacial score (nSPS) is 12.1. The first-order valence-electron chi connectivity index (χ1n) is 5.62. The van der Waals surface area contributed by atoms with Gasteiger partial charge in [-0.2, -0.15) is 0 Å². The van der Waals surface area contributed by atoms with Gasteiger partial charge in [-0.05, 0) is 18.1 Å². The molecule has 1 atom stereocenters. The number of urea groups is 1.